The fourth-order valence-electron chi connectivity index (χ4n) is 1.55. The zero-order chi connectivity index (χ0) is 15.4. The van der Waals surface area contributed by atoms with Crippen LogP contribution in [-0.4, -0.2) is 28.5 Å². The minimum Gasteiger partial charge on any atom is -0.476 e. The molecule has 1 aromatic carbocycles. The van der Waals surface area contributed by atoms with Gasteiger partial charge in [0.25, 0.3) is 5.91 Å². The molecule has 0 atom stereocenters. The number of aromatic nitrogens is 1. The summed E-state index contributed by atoms with van der Waals surface area (Å²) < 4.78 is 0.884. The van der Waals surface area contributed by atoms with Crippen LogP contribution in [0.1, 0.15) is 25.9 Å². The largest absolute Gasteiger partial charge is 0.476 e. The van der Waals surface area contributed by atoms with Gasteiger partial charge in [-0.3, -0.25) is 4.79 Å². The number of carboxylic acids is 1. The normalized spacial score (nSPS) is 10.4. The van der Waals surface area contributed by atoms with Crippen LogP contribution in [-0.2, 0) is 6.42 Å². The lowest BCUT2D eigenvalue weighted by Crippen LogP contribution is -2.25. The number of hydrogen-bond donors (Lipinski definition) is 2. The molecule has 0 aliphatic carbocycles. The van der Waals surface area contributed by atoms with Crippen LogP contribution in [0.2, 0.25) is 5.02 Å². The molecule has 5 nitrogen and oxygen atoms in total. The van der Waals surface area contributed by atoms with Crippen LogP contribution in [0.25, 0.3) is 0 Å². The summed E-state index contributed by atoms with van der Waals surface area (Å²) >= 11 is 9.32. The van der Waals surface area contributed by atoms with Gasteiger partial charge in [0.1, 0.15) is 0 Å². The average molecular weight is 437 g/mol. The molecule has 110 valence electrons. The summed E-state index contributed by atoms with van der Waals surface area (Å²) in [5, 5.41) is 14.2. The monoisotopic (exact) mass is 436 g/mol. The van der Waals surface area contributed by atoms with Crippen LogP contribution < -0.4 is 5.32 Å². The first kappa shape index (κ1) is 16.2. The Hall–Kier alpha value is -1.19. The third-order valence-electron chi connectivity index (χ3n) is 2.58. The summed E-state index contributed by atoms with van der Waals surface area (Å²) in [6.45, 7) is 0.384. The van der Waals surface area contributed by atoms with Gasteiger partial charge in [-0.25, -0.2) is 9.78 Å². The van der Waals surface area contributed by atoms with Gasteiger partial charge in [0.2, 0.25) is 0 Å². The van der Waals surface area contributed by atoms with Crippen LogP contribution in [0.4, 0.5) is 0 Å². The summed E-state index contributed by atoms with van der Waals surface area (Å²) in [5.74, 6) is -1.27. The van der Waals surface area contributed by atoms with Crippen LogP contribution in [0, 0.1) is 3.57 Å². The standard InChI is InChI=1S/C13H10ClIN2O3S/c14-8-5-7(1-2-9(8)15)12(18)16-4-3-11-17-10(6-21-11)13(19)20/h1-2,5-6H,3-4H2,(H,16,18)(H,19,20). The van der Waals surface area contributed by atoms with E-state index in [9.17, 15) is 9.59 Å². The second kappa shape index (κ2) is 7.19. The number of amides is 1. The zero-order valence-corrected chi connectivity index (χ0v) is 14.3. The van der Waals surface area contributed by atoms with E-state index < -0.39 is 5.97 Å². The Balaban J connectivity index is 1.88. The van der Waals surface area contributed by atoms with E-state index in [1.165, 1.54) is 16.7 Å². The predicted molar refractivity (Wildman–Crippen MR) is 89.3 cm³/mol. The number of benzene rings is 1. The van der Waals surface area contributed by atoms with Crippen LogP contribution in [0.5, 0.6) is 0 Å². The predicted octanol–water partition coefficient (Wildman–Crippen LogP) is 3.07. The highest BCUT2D eigenvalue weighted by atomic mass is 127. The fourth-order valence-corrected chi connectivity index (χ4v) is 2.83. The Bertz CT molecular complexity index is 690. The minimum absolute atomic E-state index is 0.0331. The molecule has 0 aliphatic rings. The van der Waals surface area contributed by atoms with E-state index in [2.05, 4.69) is 32.9 Å². The van der Waals surface area contributed by atoms with Crippen LogP contribution in [0.3, 0.4) is 0 Å². The first-order valence-corrected chi connectivity index (χ1v) is 8.22. The lowest BCUT2D eigenvalue weighted by atomic mass is 10.2. The Morgan fingerprint density at radius 1 is 1.43 bits per heavy atom. The van der Waals surface area contributed by atoms with Gasteiger partial charge in [-0.2, -0.15) is 0 Å². The van der Waals surface area contributed by atoms with Gasteiger partial charge in [-0.15, -0.1) is 11.3 Å². The van der Waals surface area contributed by atoms with Crippen molar-refractivity contribution in [2.45, 2.75) is 6.42 Å². The molecule has 0 radical (unpaired) electrons. The quantitative estimate of drug-likeness (QED) is 0.706. The zero-order valence-electron chi connectivity index (χ0n) is 10.6. The van der Waals surface area contributed by atoms with Crippen molar-refractivity contribution in [2.24, 2.45) is 0 Å². The van der Waals surface area contributed by atoms with Gasteiger partial charge in [0.05, 0.1) is 10.0 Å². The molecule has 21 heavy (non-hydrogen) atoms. The molecule has 1 heterocycles. The molecule has 2 rings (SSSR count). The maximum Gasteiger partial charge on any atom is 0.355 e. The Labute approximate surface area is 143 Å². The minimum atomic E-state index is -1.05. The van der Waals surface area contributed by atoms with E-state index in [0.29, 0.717) is 28.6 Å². The summed E-state index contributed by atoms with van der Waals surface area (Å²) in [5.41, 5.74) is 0.525. The molecule has 0 fully saturated rings. The molecule has 2 N–H and O–H groups in total. The molecule has 0 unspecified atom stereocenters. The summed E-state index contributed by atoms with van der Waals surface area (Å²) in [6, 6.07) is 5.09. The third kappa shape index (κ3) is 4.39. The van der Waals surface area contributed by atoms with Crippen molar-refractivity contribution in [1.82, 2.24) is 10.3 Å². The number of nitrogens with one attached hydrogen (secondary N) is 1. The van der Waals surface area contributed by atoms with Gasteiger partial charge in [-0.05, 0) is 40.8 Å². The van der Waals surface area contributed by atoms with E-state index in [0.717, 1.165) is 3.57 Å². The molecule has 1 amide bonds. The average Bonchev–Trinajstić information content (AvgIpc) is 2.91. The highest BCUT2D eigenvalue weighted by Crippen LogP contribution is 2.19. The van der Waals surface area contributed by atoms with Crippen molar-refractivity contribution in [1.29, 1.82) is 0 Å². The molecule has 0 saturated heterocycles. The molecule has 2 aromatic rings. The lowest BCUT2D eigenvalue weighted by molar-refractivity contribution is 0.0690. The number of rotatable bonds is 5. The van der Waals surface area contributed by atoms with Crippen molar-refractivity contribution in [3.05, 3.63) is 48.4 Å². The number of aromatic carboxylic acids is 1. The maximum atomic E-state index is 11.9. The Kier molecular flexibility index (Phi) is 5.54. The molecular weight excluding hydrogens is 427 g/mol. The van der Waals surface area contributed by atoms with Crippen molar-refractivity contribution in [2.75, 3.05) is 6.54 Å². The molecule has 0 aliphatic heterocycles. The molecular formula is C13H10ClIN2O3S. The smallest absolute Gasteiger partial charge is 0.355 e. The molecule has 0 bridgehead atoms. The van der Waals surface area contributed by atoms with Crippen LogP contribution in [0.15, 0.2) is 23.6 Å². The lowest BCUT2D eigenvalue weighted by Gasteiger charge is -2.05. The number of carbonyl (C=O) groups is 2. The molecule has 0 saturated carbocycles. The summed E-state index contributed by atoms with van der Waals surface area (Å²) in [7, 11) is 0. The number of thiazole rings is 1. The van der Waals surface area contributed by atoms with Crippen LogP contribution >= 0.6 is 45.5 Å². The highest BCUT2D eigenvalue weighted by molar-refractivity contribution is 14.1. The number of carbonyl (C=O) groups excluding carboxylic acids is 1. The Morgan fingerprint density at radius 2 is 2.19 bits per heavy atom. The second-order valence-corrected chi connectivity index (χ2v) is 6.58. The van der Waals surface area contributed by atoms with E-state index >= 15 is 0 Å². The van der Waals surface area contributed by atoms with Crippen molar-refractivity contribution >= 4 is 57.4 Å². The van der Waals surface area contributed by atoms with E-state index in [1.807, 2.05) is 0 Å². The van der Waals surface area contributed by atoms with E-state index in [4.69, 9.17) is 16.7 Å². The van der Waals surface area contributed by atoms with Gasteiger partial charge in [0, 0.05) is 27.5 Å². The van der Waals surface area contributed by atoms with Crippen molar-refractivity contribution in [3.63, 3.8) is 0 Å². The van der Waals surface area contributed by atoms with Crippen molar-refractivity contribution < 1.29 is 14.7 Å². The summed E-state index contributed by atoms with van der Waals surface area (Å²) in [4.78, 5) is 26.6. The number of carboxylic acid groups (broad SMARTS) is 1. The maximum absolute atomic E-state index is 11.9. The summed E-state index contributed by atoms with van der Waals surface area (Å²) in [6.07, 6.45) is 0.488. The Morgan fingerprint density at radius 3 is 2.81 bits per heavy atom. The molecule has 0 spiro atoms. The van der Waals surface area contributed by atoms with E-state index in [-0.39, 0.29) is 11.6 Å². The first-order valence-electron chi connectivity index (χ1n) is 5.88. The van der Waals surface area contributed by atoms with Gasteiger partial charge >= 0.3 is 5.97 Å². The third-order valence-corrected chi connectivity index (χ3v) is 5.06. The topological polar surface area (TPSA) is 79.3 Å². The fraction of sp³-hybridized carbons (Fsp3) is 0.154. The van der Waals surface area contributed by atoms with E-state index in [1.54, 1.807) is 18.2 Å². The molecule has 1 aromatic heterocycles. The second-order valence-electron chi connectivity index (χ2n) is 4.07. The molecule has 8 heteroatoms. The number of nitrogens with zero attached hydrogens (tertiary/aromatic N) is 1. The number of hydrogen-bond acceptors (Lipinski definition) is 4. The van der Waals surface area contributed by atoms with Crippen molar-refractivity contribution in [3.8, 4) is 0 Å². The highest BCUT2D eigenvalue weighted by Gasteiger charge is 2.10. The first-order chi connectivity index (χ1) is 9.97. The van der Waals surface area contributed by atoms with Gasteiger partial charge in [0.15, 0.2) is 5.69 Å². The van der Waals surface area contributed by atoms with Gasteiger partial charge < -0.3 is 10.4 Å². The van der Waals surface area contributed by atoms with Gasteiger partial charge in [-0.1, -0.05) is 11.6 Å². The SMILES string of the molecule is O=C(NCCc1nc(C(=O)O)cs1)c1ccc(I)c(Cl)c1. The number of halogens is 2.